The number of hydrogen-bond acceptors (Lipinski definition) is 2. The van der Waals surface area contributed by atoms with E-state index in [-0.39, 0.29) is 12.4 Å². The van der Waals surface area contributed by atoms with Gasteiger partial charge >= 0.3 is 0 Å². The van der Waals surface area contributed by atoms with E-state index in [1.165, 1.54) is 5.56 Å². The number of Topliss-reactive ketones (excluding diaryl/α,β-unsaturated/α-hetero) is 1. The first-order valence-electron chi connectivity index (χ1n) is 6.57. The summed E-state index contributed by atoms with van der Waals surface area (Å²) in [5, 5.41) is 8.67. The highest BCUT2D eigenvalue weighted by molar-refractivity contribution is 6.19. The number of aryl methyl sites for hydroxylation is 1. The van der Waals surface area contributed by atoms with Crippen LogP contribution in [0.4, 0.5) is 0 Å². The van der Waals surface area contributed by atoms with Crippen LogP contribution in [0.15, 0.2) is 24.3 Å². The van der Waals surface area contributed by atoms with Crippen molar-refractivity contribution >= 4 is 17.4 Å². The first-order chi connectivity index (χ1) is 8.77. The number of carbonyl (C=O) groups excluding carboxylic acids is 1. The van der Waals surface area contributed by atoms with E-state index in [1.807, 2.05) is 24.3 Å². The van der Waals surface area contributed by atoms with Gasteiger partial charge in [0.1, 0.15) is 0 Å². The Morgan fingerprint density at radius 3 is 2.33 bits per heavy atom. The van der Waals surface area contributed by atoms with Crippen molar-refractivity contribution in [2.24, 2.45) is 0 Å². The predicted molar refractivity (Wildman–Crippen MR) is 75.4 cm³/mol. The standard InChI is InChI=1S/C15H21ClO2/c16-11-10-15(18)14-8-6-13(7-9-14)5-3-1-2-4-12-17/h6-9,17H,1-5,10-12H2. The molecule has 0 amide bonds. The van der Waals surface area contributed by atoms with Gasteiger partial charge in [-0.15, -0.1) is 11.6 Å². The molecule has 0 spiro atoms. The summed E-state index contributed by atoms with van der Waals surface area (Å²) in [4.78, 5) is 11.6. The van der Waals surface area contributed by atoms with Gasteiger partial charge in [0, 0.05) is 24.5 Å². The van der Waals surface area contributed by atoms with Gasteiger partial charge in [-0.25, -0.2) is 0 Å². The van der Waals surface area contributed by atoms with Crippen LogP contribution in [0.2, 0.25) is 0 Å². The lowest BCUT2D eigenvalue weighted by Crippen LogP contribution is -1.99. The molecule has 0 unspecified atom stereocenters. The molecule has 0 heterocycles. The van der Waals surface area contributed by atoms with Crippen LogP contribution < -0.4 is 0 Å². The molecule has 100 valence electrons. The minimum Gasteiger partial charge on any atom is -0.396 e. The number of alkyl halides is 1. The van der Waals surface area contributed by atoms with E-state index >= 15 is 0 Å². The van der Waals surface area contributed by atoms with E-state index in [0.29, 0.717) is 12.3 Å². The van der Waals surface area contributed by atoms with Crippen molar-refractivity contribution < 1.29 is 9.90 Å². The quantitative estimate of drug-likeness (QED) is 0.422. The lowest BCUT2D eigenvalue weighted by Gasteiger charge is -2.03. The second-order valence-corrected chi connectivity index (χ2v) is 4.82. The zero-order valence-electron chi connectivity index (χ0n) is 10.7. The number of aliphatic hydroxyl groups is 1. The van der Waals surface area contributed by atoms with Gasteiger partial charge in [0.05, 0.1) is 0 Å². The molecule has 0 fully saturated rings. The molecule has 3 heteroatoms. The molecule has 1 aromatic carbocycles. The van der Waals surface area contributed by atoms with Crippen molar-refractivity contribution in [3.8, 4) is 0 Å². The number of carbonyl (C=O) groups is 1. The Morgan fingerprint density at radius 1 is 1.06 bits per heavy atom. The van der Waals surface area contributed by atoms with Crippen molar-refractivity contribution in [3.05, 3.63) is 35.4 Å². The molecule has 18 heavy (non-hydrogen) atoms. The number of halogens is 1. The SMILES string of the molecule is O=C(CCCl)c1ccc(CCCCCCO)cc1. The fourth-order valence-electron chi connectivity index (χ4n) is 1.88. The fourth-order valence-corrected chi connectivity index (χ4v) is 2.05. The summed E-state index contributed by atoms with van der Waals surface area (Å²) in [5.74, 6) is 0.491. The highest BCUT2D eigenvalue weighted by Gasteiger charge is 2.04. The minimum atomic E-state index is 0.111. The van der Waals surface area contributed by atoms with Crippen LogP contribution in [0.5, 0.6) is 0 Å². The van der Waals surface area contributed by atoms with Crippen LogP contribution in [0.3, 0.4) is 0 Å². The van der Waals surface area contributed by atoms with E-state index in [0.717, 1.165) is 37.7 Å². The van der Waals surface area contributed by atoms with Crippen molar-refractivity contribution in [1.29, 1.82) is 0 Å². The zero-order chi connectivity index (χ0) is 13.2. The molecule has 0 saturated heterocycles. The Bertz CT molecular complexity index is 346. The van der Waals surface area contributed by atoms with Gasteiger partial charge in [-0.05, 0) is 24.8 Å². The van der Waals surface area contributed by atoms with Gasteiger partial charge in [0.2, 0.25) is 0 Å². The molecule has 1 rings (SSSR count). The number of aliphatic hydroxyl groups excluding tert-OH is 1. The molecule has 1 aromatic rings. The summed E-state index contributed by atoms with van der Waals surface area (Å²) in [7, 11) is 0. The van der Waals surface area contributed by atoms with Crippen LogP contribution in [0.1, 0.15) is 48.0 Å². The molecular weight excluding hydrogens is 248 g/mol. The molecule has 0 saturated carbocycles. The van der Waals surface area contributed by atoms with Crippen molar-refractivity contribution in [2.45, 2.75) is 38.5 Å². The third kappa shape index (κ3) is 5.65. The lowest BCUT2D eigenvalue weighted by molar-refractivity contribution is 0.0989. The monoisotopic (exact) mass is 268 g/mol. The first kappa shape index (κ1) is 15.2. The van der Waals surface area contributed by atoms with Crippen molar-refractivity contribution in [1.82, 2.24) is 0 Å². The van der Waals surface area contributed by atoms with E-state index < -0.39 is 0 Å². The number of rotatable bonds is 9. The molecule has 0 bridgehead atoms. The topological polar surface area (TPSA) is 37.3 Å². The van der Waals surface area contributed by atoms with Crippen LogP contribution in [-0.2, 0) is 6.42 Å². The summed E-state index contributed by atoms with van der Waals surface area (Å²) in [5.41, 5.74) is 2.01. The third-order valence-corrected chi connectivity index (χ3v) is 3.16. The number of benzene rings is 1. The highest BCUT2D eigenvalue weighted by atomic mass is 35.5. The van der Waals surface area contributed by atoms with Crippen LogP contribution in [0.25, 0.3) is 0 Å². The summed E-state index contributed by atoms with van der Waals surface area (Å²) < 4.78 is 0. The van der Waals surface area contributed by atoms with E-state index in [2.05, 4.69) is 0 Å². The maximum atomic E-state index is 11.6. The summed E-state index contributed by atoms with van der Waals surface area (Å²) in [6.07, 6.45) is 5.70. The van der Waals surface area contributed by atoms with Crippen LogP contribution >= 0.6 is 11.6 Å². The molecule has 0 atom stereocenters. The smallest absolute Gasteiger partial charge is 0.164 e. The van der Waals surface area contributed by atoms with Crippen LogP contribution in [0, 0.1) is 0 Å². The average molecular weight is 269 g/mol. The Hall–Kier alpha value is -0.860. The molecule has 0 aliphatic rings. The van der Waals surface area contributed by atoms with Crippen LogP contribution in [-0.4, -0.2) is 23.4 Å². The Labute approximate surface area is 114 Å². The molecule has 1 N–H and O–H groups in total. The van der Waals surface area contributed by atoms with Gasteiger partial charge in [0.15, 0.2) is 5.78 Å². The maximum Gasteiger partial charge on any atom is 0.164 e. The fraction of sp³-hybridized carbons (Fsp3) is 0.533. The Kier molecular flexibility index (Phi) is 7.70. The summed E-state index contributed by atoms with van der Waals surface area (Å²) in [6.45, 7) is 0.289. The first-order valence-corrected chi connectivity index (χ1v) is 7.10. The van der Waals surface area contributed by atoms with Gasteiger partial charge < -0.3 is 5.11 Å². The van der Waals surface area contributed by atoms with Crippen molar-refractivity contribution in [2.75, 3.05) is 12.5 Å². The second-order valence-electron chi connectivity index (χ2n) is 4.45. The third-order valence-electron chi connectivity index (χ3n) is 2.97. The van der Waals surface area contributed by atoms with Gasteiger partial charge in [-0.1, -0.05) is 37.1 Å². The van der Waals surface area contributed by atoms with Gasteiger partial charge in [-0.3, -0.25) is 4.79 Å². The molecule has 0 aliphatic carbocycles. The largest absolute Gasteiger partial charge is 0.396 e. The number of ketones is 1. The predicted octanol–water partition coefficient (Wildman–Crippen LogP) is 3.59. The molecule has 0 aromatic heterocycles. The highest BCUT2D eigenvalue weighted by Crippen LogP contribution is 2.11. The van der Waals surface area contributed by atoms with Gasteiger partial charge in [0.25, 0.3) is 0 Å². The maximum absolute atomic E-state index is 11.6. The van der Waals surface area contributed by atoms with E-state index in [4.69, 9.17) is 16.7 Å². The van der Waals surface area contributed by atoms with Crippen molar-refractivity contribution in [3.63, 3.8) is 0 Å². The minimum absolute atomic E-state index is 0.111. The zero-order valence-corrected chi connectivity index (χ0v) is 11.5. The lowest BCUT2D eigenvalue weighted by atomic mass is 10.0. The number of unbranched alkanes of at least 4 members (excludes halogenated alkanes) is 3. The molecular formula is C15H21ClO2. The second kappa shape index (κ2) is 9.12. The van der Waals surface area contributed by atoms with E-state index in [1.54, 1.807) is 0 Å². The molecule has 2 nitrogen and oxygen atoms in total. The normalized spacial score (nSPS) is 10.6. The molecule has 0 aliphatic heterocycles. The van der Waals surface area contributed by atoms with Gasteiger partial charge in [-0.2, -0.15) is 0 Å². The van der Waals surface area contributed by atoms with E-state index in [9.17, 15) is 4.79 Å². The Balaban J connectivity index is 2.33. The summed E-state index contributed by atoms with van der Waals surface area (Å²) >= 11 is 5.55. The Morgan fingerprint density at radius 2 is 1.72 bits per heavy atom. The number of hydrogen-bond donors (Lipinski definition) is 1. The summed E-state index contributed by atoms with van der Waals surface area (Å²) in [6, 6.07) is 7.82. The molecule has 0 radical (unpaired) electrons. The average Bonchev–Trinajstić information content (AvgIpc) is 2.39.